The third-order valence-electron chi connectivity index (χ3n) is 4.08. The van der Waals surface area contributed by atoms with E-state index in [9.17, 15) is 9.18 Å². The van der Waals surface area contributed by atoms with Gasteiger partial charge in [-0.2, -0.15) is 0 Å². The molecule has 26 heavy (non-hydrogen) atoms. The Morgan fingerprint density at radius 3 is 2.96 bits per heavy atom. The van der Waals surface area contributed by atoms with Crippen LogP contribution in [0, 0.1) is 5.82 Å². The highest BCUT2D eigenvalue weighted by atomic mass is 19.1. The Morgan fingerprint density at radius 1 is 1.27 bits per heavy atom. The van der Waals surface area contributed by atoms with Crippen LogP contribution in [0.15, 0.2) is 51.6 Å². The molecule has 7 nitrogen and oxygen atoms in total. The fourth-order valence-electron chi connectivity index (χ4n) is 2.73. The first-order chi connectivity index (χ1) is 12.6. The predicted octanol–water partition coefficient (Wildman–Crippen LogP) is 2.93. The highest BCUT2D eigenvalue weighted by molar-refractivity contribution is 5.92. The summed E-state index contributed by atoms with van der Waals surface area (Å²) in [6, 6.07) is 9.42. The maximum atomic E-state index is 13.4. The van der Waals surface area contributed by atoms with Gasteiger partial charge in [0.1, 0.15) is 11.6 Å². The molecule has 0 saturated carbocycles. The molecule has 0 aliphatic rings. The van der Waals surface area contributed by atoms with E-state index in [1.807, 2.05) is 11.6 Å². The predicted molar refractivity (Wildman–Crippen MR) is 90.9 cm³/mol. The molecule has 3 aromatic heterocycles. The Hall–Kier alpha value is -3.42. The van der Waals surface area contributed by atoms with Gasteiger partial charge in [-0.15, -0.1) is 0 Å². The van der Waals surface area contributed by atoms with E-state index in [2.05, 4.69) is 15.5 Å². The number of carbonyl (C=O) groups excluding carboxylic acids is 1. The quantitative estimate of drug-likeness (QED) is 0.595. The largest absolute Gasteiger partial charge is 0.461 e. The number of hydrogen-bond donors (Lipinski definition) is 1. The summed E-state index contributed by atoms with van der Waals surface area (Å²) in [7, 11) is 1.82. The second kappa shape index (κ2) is 6.47. The highest BCUT2D eigenvalue weighted by Gasteiger charge is 2.15. The Bertz CT molecular complexity index is 1070. The lowest BCUT2D eigenvalue weighted by Gasteiger charge is -2.03. The number of nitrogens with zero attached hydrogens (tertiary/aromatic N) is 3. The van der Waals surface area contributed by atoms with E-state index in [4.69, 9.17) is 8.94 Å². The third kappa shape index (κ3) is 2.97. The summed E-state index contributed by atoms with van der Waals surface area (Å²) in [4.78, 5) is 16.6. The van der Waals surface area contributed by atoms with Gasteiger partial charge in [0.2, 0.25) is 5.76 Å². The van der Waals surface area contributed by atoms with Crippen LogP contribution in [0.4, 0.5) is 4.39 Å². The van der Waals surface area contributed by atoms with Crippen LogP contribution in [0.3, 0.4) is 0 Å². The molecule has 0 saturated heterocycles. The number of benzene rings is 1. The molecule has 3 heterocycles. The van der Waals surface area contributed by atoms with Crippen molar-refractivity contribution in [3.63, 3.8) is 0 Å². The average molecular weight is 354 g/mol. The number of furan rings is 1. The van der Waals surface area contributed by atoms with Crippen LogP contribution < -0.4 is 5.32 Å². The number of fused-ring (bicyclic) bond motifs is 1. The van der Waals surface area contributed by atoms with Gasteiger partial charge in [-0.05, 0) is 30.3 Å². The van der Waals surface area contributed by atoms with Crippen LogP contribution in [-0.2, 0) is 13.5 Å². The van der Waals surface area contributed by atoms with Crippen LogP contribution in [0.25, 0.3) is 22.6 Å². The monoisotopic (exact) mass is 354 g/mol. The van der Waals surface area contributed by atoms with Crippen LogP contribution >= 0.6 is 0 Å². The maximum absolute atomic E-state index is 13.4. The van der Waals surface area contributed by atoms with Gasteiger partial charge in [0.25, 0.3) is 5.91 Å². The van der Waals surface area contributed by atoms with Crippen LogP contribution in [0.1, 0.15) is 16.3 Å². The number of aryl methyl sites for hydroxylation is 1. The number of rotatable bonds is 5. The summed E-state index contributed by atoms with van der Waals surface area (Å²) in [5, 5.41) is 6.52. The number of hydrogen-bond acceptors (Lipinski definition) is 5. The Balaban J connectivity index is 1.40. The first-order valence-electron chi connectivity index (χ1n) is 8.01. The molecular weight excluding hydrogens is 339 g/mol. The second-order valence-corrected chi connectivity index (χ2v) is 5.78. The van der Waals surface area contributed by atoms with E-state index in [1.54, 1.807) is 18.2 Å². The molecule has 0 bridgehead atoms. The van der Waals surface area contributed by atoms with E-state index in [0.29, 0.717) is 30.0 Å². The zero-order valence-corrected chi connectivity index (χ0v) is 13.9. The van der Waals surface area contributed by atoms with Crippen molar-refractivity contribution in [1.29, 1.82) is 0 Å². The molecular formula is C18H15FN4O3. The summed E-state index contributed by atoms with van der Waals surface area (Å²) in [6.45, 7) is 0.363. The van der Waals surface area contributed by atoms with E-state index in [0.717, 1.165) is 11.3 Å². The zero-order chi connectivity index (χ0) is 18.1. The third-order valence-corrected chi connectivity index (χ3v) is 4.08. The number of nitrogens with one attached hydrogen (secondary N) is 1. The Morgan fingerprint density at radius 2 is 2.15 bits per heavy atom. The van der Waals surface area contributed by atoms with E-state index in [-0.39, 0.29) is 17.4 Å². The van der Waals surface area contributed by atoms with Gasteiger partial charge < -0.3 is 18.8 Å². The van der Waals surface area contributed by atoms with Gasteiger partial charge in [-0.3, -0.25) is 4.79 Å². The smallest absolute Gasteiger partial charge is 0.273 e. The van der Waals surface area contributed by atoms with Crippen molar-refractivity contribution in [2.45, 2.75) is 6.42 Å². The van der Waals surface area contributed by atoms with Gasteiger partial charge in [-0.25, -0.2) is 9.37 Å². The topological polar surface area (TPSA) is 86.1 Å². The van der Waals surface area contributed by atoms with E-state index < -0.39 is 0 Å². The lowest BCUT2D eigenvalue weighted by Crippen LogP contribution is -2.26. The first-order valence-corrected chi connectivity index (χ1v) is 8.01. The average Bonchev–Trinajstić information content (AvgIpc) is 3.36. The lowest BCUT2D eigenvalue weighted by atomic mass is 10.3. The van der Waals surface area contributed by atoms with Crippen LogP contribution in [0.5, 0.6) is 0 Å². The summed E-state index contributed by atoms with van der Waals surface area (Å²) in [5.74, 6) is 0.985. The minimum atomic E-state index is -0.351. The van der Waals surface area contributed by atoms with Crippen molar-refractivity contribution in [2.24, 2.45) is 7.05 Å². The van der Waals surface area contributed by atoms with Crippen LogP contribution in [-0.4, -0.2) is 27.2 Å². The lowest BCUT2D eigenvalue weighted by molar-refractivity contribution is 0.0945. The summed E-state index contributed by atoms with van der Waals surface area (Å²) in [5.41, 5.74) is 1.60. The number of amides is 1. The van der Waals surface area contributed by atoms with Crippen molar-refractivity contribution in [1.82, 2.24) is 20.0 Å². The van der Waals surface area contributed by atoms with Crippen molar-refractivity contribution < 1.29 is 18.1 Å². The Kier molecular flexibility index (Phi) is 4.00. The molecule has 1 aromatic carbocycles. The first kappa shape index (κ1) is 16.1. The minimum Gasteiger partial charge on any atom is -0.461 e. The molecule has 0 atom stereocenters. The van der Waals surface area contributed by atoms with Gasteiger partial charge in [-0.1, -0.05) is 5.16 Å². The summed E-state index contributed by atoms with van der Waals surface area (Å²) in [6.07, 6.45) is 2.02. The van der Waals surface area contributed by atoms with Gasteiger partial charge in [0.15, 0.2) is 11.5 Å². The standard InChI is InChI=1S/C18H15FN4O3/c1-23-14-9-11(19)4-5-12(14)21-17(23)6-7-20-18(24)13-10-16(26-22-13)15-3-2-8-25-15/h2-5,8-10H,6-7H2,1H3,(H,20,24). The molecule has 8 heteroatoms. The number of halogens is 1. The maximum Gasteiger partial charge on any atom is 0.273 e. The molecule has 4 rings (SSSR count). The van der Waals surface area contributed by atoms with Gasteiger partial charge >= 0.3 is 0 Å². The number of aromatic nitrogens is 3. The molecule has 0 fully saturated rings. The van der Waals surface area contributed by atoms with Gasteiger partial charge in [0.05, 0.1) is 17.3 Å². The molecule has 1 N–H and O–H groups in total. The van der Waals surface area contributed by atoms with Crippen molar-refractivity contribution in [3.05, 3.63) is 60.0 Å². The molecule has 1 amide bonds. The van der Waals surface area contributed by atoms with Crippen molar-refractivity contribution >= 4 is 16.9 Å². The zero-order valence-electron chi connectivity index (χ0n) is 13.9. The molecule has 0 radical (unpaired) electrons. The molecule has 0 spiro atoms. The second-order valence-electron chi connectivity index (χ2n) is 5.78. The summed E-state index contributed by atoms with van der Waals surface area (Å²) < 4.78 is 25.5. The fraction of sp³-hybridized carbons (Fsp3) is 0.167. The molecule has 0 aliphatic heterocycles. The summed E-state index contributed by atoms with van der Waals surface area (Å²) >= 11 is 0. The highest BCUT2D eigenvalue weighted by Crippen LogP contribution is 2.20. The van der Waals surface area contributed by atoms with Crippen molar-refractivity contribution in [2.75, 3.05) is 6.54 Å². The molecule has 0 unspecified atom stereocenters. The normalized spacial score (nSPS) is 11.2. The molecule has 4 aromatic rings. The van der Waals surface area contributed by atoms with Crippen LogP contribution in [0.2, 0.25) is 0 Å². The molecule has 132 valence electrons. The minimum absolute atomic E-state index is 0.170. The van der Waals surface area contributed by atoms with Gasteiger partial charge in [0, 0.05) is 26.1 Å². The number of imidazole rings is 1. The fourth-order valence-corrected chi connectivity index (χ4v) is 2.73. The Labute approximate surface area is 147 Å². The number of carbonyl (C=O) groups is 1. The molecule has 0 aliphatic carbocycles. The van der Waals surface area contributed by atoms with E-state index in [1.165, 1.54) is 24.5 Å². The SMILES string of the molecule is Cn1c(CCNC(=O)c2cc(-c3ccco3)on2)nc2ccc(F)cc21. The van der Waals surface area contributed by atoms with E-state index >= 15 is 0 Å². The van der Waals surface area contributed by atoms with Crippen molar-refractivity contribution in [3.8, 4) is 11.5 Å².